The molecule has 7 heteroatoms. The molecule has 2 aromatic rings. The number of β-amino-alcohol motifs (C(OH)–C–C–N with tert-alkyl or cyclic N) is 1. The zero-order chi connectivity index (χ0) is 15.0. The van der Waals surface area contributed by atoms with Gasteiger partial charge in [0.15, 0.2) is 0 Å². The van der Waals surface area contributed by atoms with Gasteiger partial charge in [0.25, 0.3) is 0 Å². The van der Waals surface area contributed by atoms with Crippen LogP contribution in [0.1, 0.15) is 13.3 Å². The summed E-state index contributed by atoms with van der Waals surface area (Å²) < 4.78 is 1.79. The van der Waals surface area contributed by atoms with E-state index in [1.807, 2.05) is 0 Å². The van der Waals surface area contributed by atoms with Gasteiger partial charge in [0.1, 0.15) is 11.7 Å². The summed E-state index contributed by atoms with van der Waals surface area (Å²) in [7, 11) is 0. The molecule has 0 saturated carbocycles. The summed E-state index contributed by atoms with van der Waals surface area (Å²) in [5.41, 5.74) is 1.41. The number of aliphatic hydroxyl groups is 1. The van der Waals surface area contributed by atoms with E-state index in [2.05, 4.69) is 10.3 Å². The first-order chi connectivity index (χ1) is 10.0. The minimum atomic E-state index is -0.652. The van der Waals surface area contributed by atoms with Crippen molar-refractivity contribution in [3.63, 3.8) is 0 Å². The van der Waals surface area contributed by atoms with Gasteiger partial charge in [-0.3, -0.25) is 9.59 Å². The van der Waals surface area contributed by atoms with Crippen LogP contribution in [0.3, 0.4) is 0 Å². The molecule has 0 unspecified atom stereocenters. The van der Waals surface area contributed by atoms with Crippen LogP contribution in [0.25, 0.3) is 5.65 Å². The molecule has 2 N–H and O–H groups in total. The van der Waals surface area contributed by atoms with Crippen LogP contribution in [-0.4, -0.2) is 49.9 Å². The molecular formula is C14H16N4O3. The molecule has 0 radical (unpaired) electrons. The third-order valence-electron chi connectivity index (χ3n) is 3.64. The lowest BCUT2D eigenvalue weighted by molar-refractivity contribution is -0.134. The second-order valence-corrected chi connectivity index (χ2v) is 5.18. The van der Waals surface area contributed by atoms with E-state index < -0.39 is 12.1 Å². The van der Waals surface area contributed by atoms with Crippen LogP contribution in [0.4, 0.5) is 5.69 Å². The fourth-order valence-corrected chi connectivity index (χ4v) is 2.63. The van der Waals surface area contributed by atoms with Crippen LogP contribution in [0.5, 0.6) is 0 Å². The number of nitrogens with zero attached hydrogens (tertiary/aromatic N) is 3. The summed E-state index contributed by atoms with van der Waals surface area (Å²) in [4.78, 5) is 29.4. The zero-order valence-corrected chi connectivity index (χ0v) is 11.6. The van der Waals surface area contributed by atoms with Crippen molar-refractivity contribution >= 4 is 23.1 Å². The van der Waals surface area contributed by atoms with Gasteiger partial charge in [0.2, 0.25) is 11.8 Å². The van der Waals surface area contributed by atoms with Crippen molar-refractivity contribution < 1.29 is 14.7 Å². The molecule has 7 nitrogen and oxygen atoms in total. The van der Waals surface area contributed by atoms with Crippen molar-refractivity contribution in [1.82, 2.24) is 14.3 Å². The second-order valence-electron chi connectivity index (χ2n) is 5.18. The number of aliphatic hydroxyl groups excluding tert-OH is 1. The molecule has 3 heterocycles. The Labute approximate surface area is 121 Å². The molecule has 110 valence electrons. The van der Waals surface area contributed by atoms with Crippen molar-refractivity contribution in [1.29, 1.82) is 0 Å². The van der Waals surface area contributed by atoms with E-state index in [1.165, 1.54) is 11.8 Å². The largest absolute Gasteiger partial charge is 0.391 e. The summed E-state index contributed by atoms with van der Waals surface area (Å²) in [5.74, 6) is -0.502. The number of anilines is 1. The van der Waals surface area contributed by atoms with Crippen molar-refractivity contribution in [2.24, 2.45) is 0 Å². The van der Waals surface area contributed by atoms with Crippen molar-refractivity contribution in [3.8, 4) is 0 Å². The van der Waals surface area contributed by atoms with Gasteiger partial charge in [-0.15, -0.1) is 0 Å². The molecular weight excluding hydrogens is 272 g/mol. The third-order valence-corrected chi connectivity index (χ3v) is 3.64. The highest BCUT2D eigenvalue weighted by molar-refractivity contribution is 5.97. The smallest absolute Gasteiger partial charge is 0.247 e. The first-order valence-corrected chi connectivity index (χ1v) is 6.73. The lowest BCUT2D eigenvalue weighted by atomic mass is 10.2. The van der Waals surface area contributed by atoms with E-state index >= 15 is 0 Å². The molecule has 1 aliphatic heterocycles. The Kier molecular flexibility index (Phi) is 3.34. The quantitative estimate of drug-likeness (QED) is 0.829. The van der Waals surface area contributed by atoms with Crippen LogP contribution in [0.2, 0.25) is 0 Å². The molecule has 2 aromatic heterocycles. The first-order valence-electron chi connectivity index (χ1n) is 6.73. The average molecular weight is 288 g/mol. The van der Waals surface area contributed by atoms with Gasteiger partial charge >= 0.3 is 0 Å². The van der Waals surface area contributed by atoms with Gasteiger partial charge in [0, 0.05) is 38.5 Å². The molecule has 2 amide bonds. The summed E-state index contributed by atoms with van der Waals surface area (Å²) in [6, 6.07) is 2.92. The highest BCUT2D eigenvalue weighted by Gasteiger charge is 2.37. The van der Waals surface area contributed by atoms with Crippen LogP contribution in [-0.2, 0) is 9.59 Å². The minimum absolute atomic E-state index is 0.202. The number of imidazole rings is 1. The van der Waals surface area contributed by atoms with Crippen LogP contribution in [0.15, 0.2) is 30.7 Å². The maximum atomic E-state index is 12.3. The number of hydrogen-bond donors (Lipinski definition) is 2. The predicted molar refractivity (Wildman–Crippen MR) is 75.6 cm³/mol. The van der Waals surface area contributed by atoms with Gasteiger partial charge in [0.05, 0.1) is 11.8 Å². The van der Waals surface area contributed by atoms with Crippen molar-refractivity contribution in [3.05, 3.63) is 30.7 Å². The Bertz CT molecular complexity index is 696. The predicted octanol–water partition coefficient (Wildman–Crippen LogP) is 0.254. The number of aromatic nitrogens is 2. The molecule has 2 atom stereocenters. The summed E-state index contributed by atoms with van der Waals surface area (Å²) in [5, 5.41) is 12.4. The average Bonchev–Trinajstić information content (AvgIpc) is 3.04. The van der Waals surface area contributed by atoms with E-state index in [0.29, 0.717) is 5.69 Å². The van der Waals surface area contributed by atoms with Crippen LogP contribution >= 0.6 is 0 Å². The number of carbonyl (C=O) groups excluding carboxylic acids is 2. The monoisotopic (exact) mass is 288 g/mol. The second kappa shape index (κ2) is 5.17. The number of amides is 2. The lowest BCUT2D eigenvalue weighted by Gasteiger charge is -2.22. The molecule has 0 aromatic carbocycles. The molecule has 3 rings (SSSR count). The Morgan fingerprint density at radius 2 is 2.24 bits per heavy atom. The Morgan fingerprint density at radius 1 is 1.43 bits per heavy atom. The molecule has 21 heavy (non-hydrogen) atoms. The maximum Gasteiger partial charge on any atom is 0.247 e. The highest BCUT2D eigenvalue weighted by atomic mass is 16.3. The zero-order valence-electron chi connectivity index (χ0n) is 11.6. The van der Waals surface area contributed by atoms with Crippen LogP contribution < -0.4 is 5.32 Å². The number of nitrogens with one attached hydrogen (secondary N) is 1. The highest BCUT2D eigenvalue weighted by Crippen LogP contribution is 2.20. The summed E-state index contributed by atoms with van der Waals surface area (Å²) in [6.45, 7) is 1.60. The van der Waals surface area contributed by atoms with E-state index in [1.54, 1.807) is 35.1 Å². The molecule has 0 aliphatic carbocycles. The normalized spacial score (nSPS) is 21.7. The van der Waals surface area contributed by atoms with Crippen molar-refractivity contribution in [2.75, 3.05) is 11.9 Å². The minimum Gasteiger partial charge on any atom is -0.391 e. The number of hydrogen-bond acceptors (Lipinski definition) is 4. The van der Waals surface area contributed by atoms with Crippen molar-refractivity contribution in [2.45, 2.75) is 25.5 Å². The fraction of sp³-hybridized carbons (Fsp3) is 0.357. The fourth-order valence-electron chi connectivity index (χ4n) is 2.63. The molecule has 1 fully saturated rings. The summed E-state index contributed by atoms with van der Waals surface area (Å²) >= 11 is 0. The van der Waals surface area contributed by atoms with Gasteiger partial charge < -0.3 is 19.7 Å². The van der Waals surface area contributed by atoms with E-state index in [0.717, 1.165) is 5.65 Å². The number of pyridine rings is 1. The molecule has 1 saturated heterocycles. The standard InChI is InChI=1S/C14H16N4O3/c1-9(19)18-8-11(20)6-12(18)14(21)16-10-2-3-13-15-4-5-17(13)7-10/h2-5,7,11-12,20H,6,8H2,1H3,(H,16,21)/t11-,12-/m1/s1. The number of carbonyl (C=O) groups is 2. The number of fused-ring (bicyclic) bond motifs is 1. The molecule has 0 bridgehead atoms. The van der Waals surface area contributed by atoms with E-state index in [4.69, 9.17) is 0 Å². The van der Waals surface area contributed by atoms with Gasteiger partial charge in [-0.2, -0.15) is 0 Å². The Balaban J connectivity index is 1.77. The van der Waals surface area contributed by atoms with Gasteiger partial charge in [-0.25, -0.2) is 4.98 Å². The van der Waals surface area contributed by atoms with E-state index in [9.17, 15) is 14.7 Å². The Morgan fingerprint density at radius 3 is 3.00 bits per heavy atom. The molecule has 0 spiro atoms. The number of likely N-dealkylation sites (tertiary alicyclic amines) is 1. The lowest BCUT2D eigenvalue weighted by Crippen LogP contribution is -2.42. The summed E-state index contributed by atoms with van der Waals surface area (Å²) in [6.07, 6.45) is 4.82. The van der Waals surface area contributed by atoms with E-state index in [-0.39, 0.29) is 24.8 Å². The Hall–Kier alpha value is -2.41. The molecule has 1 aliphatic rings. The maximum absolute atomic E-state index is 12.3. The van der Waals surface area contributed by atoms with Crippen LogP contribution in [0, 0.1) is 0 Å². The van der Waals surface area contributed by atoms with Gasteiger partial charge in [-0.05, 0) is 12.1 Å². The number of rotatable bonds is 2. The van der Waals surface area contributed by atoms with Gasteiger partial charge in [-0.1, -0.05) is 0 Å². The first kappa shape index (κ1) is 13.6. The topological polar surface area (TPSA) is 86.9 Å². The third kappa shape index (κ3) is 2.59. The SMILES string of the molecule is CC(=O)N1C[C@H](O)C[C@@H]1C(=O)Nc1ccc2nccn2c1.